The third-order valence-corrected chi connectivity index (χ3v) is 6.84. The molecule has 3 aliphatic carbocycles. The quantitative estimate of drug-likeness (QED) is 0.768. The molecule has 3 aliphatic rings. The Bertz CT molecular complexity index is 583. The zero-order chi connectivity index (χ0) is 16.1. The number of carboxylic acid groups (broad SMARTS) is 1. The number of carbonyl (C=O) groups is 1. The smallest absolute Gasteiger partial charge is 0.309 e. The maximum Gasteiger partial charge on any atom is 0.309 e. The van der Waals surface area contributed by atoms with E-state index in [-0.39, 0.29) is 11.3 Å². The second kappa shape index (κ2) is 5.11. The molecule has 120 valence electrons. The molecule has 0 radical (unpaired) electrons. The topological polar surface area (TPSA) is 37.3 Å². The molecule has 0 aliphatic heterocycles. The average molecular weight is 300 g/mol. The first-order valence-corrected chi connectivity index (χ1v) is 8.59. The molecule has 0 aromatic carbocycles. The van der Waals surface area contributed by atoms with Crippen LogP contribution in [0.4, 0.5) is 0 Å². The molecule has 2 nitrogen and oxygen atoms in total. The summed E-state index contributed by atoms with van der Waals surface area (Å²) in [4.78, 5) is 11.9. The molecule has 4 atom stereocenters. The lowest BCUT2D eigenvalue weighted by Crippen LogP contribution is -2.52. The summed E-state index contributed by atoms with van der Waals surface area (Å²) in [5.74, 6) is 0.183. The normalized spacial score (nSPS) is 40.9. The van der Waals surface area contributed by atoms with Gasteiger partial charge in [-0.3, -0.25) is 4.79 Å². The van der Waals surface area contributed by atoms with Crippen molar-refractivity contribution < 1.29 is 9.90 Å². The fourth-order valence-corrected chi connectivity index (χ4v) is 5.46. The zero-order valence-corrected chi connectivity index (χ0v) is 14.1. The third kappa shape index (κ3) is 2.11. The highest BCUT2D eigenvalue weighted by atomic mass is 16.4. The van der Waals surface area contributed by atoms with Gasteiger partial charge in [0.2, 0.25) is 0 Å². The van der Waals surface area contributed by atoms with E-state index >= 15 is 0 Å². The minimum absolute atomic E-state index is 0.132. The fraction of sp³-hybridized carbons (Fsp3) is 0.650. The Morgan fingerprint density at radius 2 is 2.09 bits per heavy atom. The molecule has 0 aromatic rings. The van der Waals surface area contributed by atoms with Gasteiger partial charge in [-0.15, -0.1) is 0 Å². The Hall–Kier alpha value is -1.31. The van der Waals surface area contributed by atoms with Crippen LogP contribution < -0.4 is 0 Å². The third-order valence-electron chi connectivity index (χ3n) is 6.84. The first-order valence-electron chi connectivity index (χ1n) is 8.59. The predicted octanol–water partition coefficient (Wildman–Crippen LogP) is 5.13. The van der Waals surface area contributed by atoms with Crippen LogP contribution in [0.1, 0.15) is 59.3 Å². The molecule has 0 amide bonds. The van der Waals surface area contributed by atoms with Gasteiger partial charge in [-0.2, -0.15) is 0 Å². The van der Waals surface area contributed by atoms with Crippen LogP contribution in [0.25, 0.3) is 0 Å². The van der Waals surface area contributed by atoms with E-state index in [4.69, 9.17) is 0 Å². The van der Waals surface area contributed by atoms with Gasteiger partial charge in [-0.25, -0.2) is 0 Å². The second-order valence-corrected chi connectivity index (χ2v) is 8.12. The summed E-state index contributed by atoms with van der Waals surface area (Å²) in [6, 6.07) is 0. The Kier molecular flexibility index (Phi) is 3.62. The maximum atomic E-state index is 11.9. The molecule has 0 saturated heterocycles. The van der Waals surface area contributed by atoms with E-state index in [0.29, 0.717) is 5.92 Å². The first kappa shape index (κ1) is 15.6. The minimum Gasteiger partial charge on any atom is -0.481 e. The van der Waals surface area contributed by atoms with Gasteiger partial charge < -0.3 is 5.11 Å². The molecule has 3 rings (SSSR count). The van der Waals surface area contributed by atoms with Gasteiger partial charge >= 0.3 is 5.97 Å². The molecule has 0 bridgehead atoms. The fourth-order valence-electron chi connectivity index (χ4n) is 5.46. The molecule has 0 heterocycles. The summed E-state index contributed by atoms with van der Waals surface area (Å²) in [5, 5.41) is 9.82. The lowest BCUT2D eigenvalue weighted by Gasteiger charge is -2.57. The average Bonchev–Trinajstić information content (AvgIpc) is 2.46. The van der Waals surface area contributed by atoms with Crippen molar-refractivity contribution >= 4 is 5.97 Å². The number of aliphatic carboxylic acids is 1. The van der Waals surface area contributed by atoms with Gasteiger partial charge in [-0.1, -0.05) is 37.6 Å². The molecular formula is C20H28O2. The largest absolute Gasteiger partial charge is 0.481 e. The van der Waals surface area contributed by atoms with E-state index in [2.05, 4.69) is 32.6 Å². The van der Waals surface area contributed by atoms with E-state index in [1.165, 1.54) is 23.1 Å². The van der Waals surface area contributed by atoms with E-state index in [0.717, 1.165) is 32.1 Å². The highest BCUT2D eigenvalue weighted by Crippen LogP contribution is 2.62. The van der Waals surface area contributed by atoms with Crippen molar-refractivity contribution in [1.29, 1.82) is 0 Å². The molecule has 0 unspecified atom stereocenters. The lowest BCUT2D eigenvalue weighted by atomic mass is 9.47. The van der Waals surface area contributed by atoms with Gasteiger partial charge in [0.15, 0.2) is 0 Å². The number of hydrogen-bond acceptors (Lipinski definition) is 1. The molecule has 1 fully saturated rings. The standard InChI is InChI=1S/C20H28O2/c1-13(2)14-6-8-16-15(12-14)7-9-17-19(16,3)10-5-11-20(17,4)18(21)22/h7,12,16-17H,1,5-6,8-11H2,2-4H3,(H,21,22)/t16-,17+,19+,20+/m0/s1. The van der Waals surface area contributed by atoms with Crippen molar-refractivity contribution in [2.24, 2.45) is 22.7 Å². The van der Waals surface area contributed by atoms with E-state index < -0.39 is 11.4 Å². The van der Waals surface area contributed by atoms with Crippen LogP contribution in [0.3, 0.4) is 0 Å². The van der Waals surface area contributed by atoms with Crippen LogP contribution in [-0.4, -0.2) is 11.1 Å². The summed E-state index contributed by atoms with van der Waals surface area (Å²) in [7, 11) is 0. The van der Waals surface area contributed by atoms with Crippen molar-refractivity contribution in [1.82, 2.24) is 0 Å². The Labute approximate surface area is 134 Å². The Morgan fingerprint density at radius 1 is 1.36 bits per heavy atom. The summed E-state index contributed by atoms with van der Waals surface area (Å²) in [6.45, 7) is 10.5. The van der Waals surface area contributed by atoms with Gasteiger partial charge in [0, 0.05) is 0 Å². The van der Waals surface area contributed by atoms with Crippen LogP contribution >= 0.6 is 0 Å². The van der Waals surface area contributed by atoms with Gasteiger partial charge in [0.05, 0.1) is 5.41 Å². The van der Waals surface area contributed by atoms with Crippen molar-refractivity contribution in [3.05, 3.63) is 35.5 Å². The van der Waals surface area contributed by atoms with E-state index in [1.807, 2.05) is 6.92 Å². The number of rotatable bonds is 2. The van der Waals surface area contributed by atoms with Crippen LogP contribution in [0.15, 0.2) is 35.5 Å². The van der Waals surface area contributed by atoms with Crippen molar-refractivity contribution in [2.45, 2.75) is 59.3 Å². The van der Waals surface area contributed by atoms with E-state index in [9.17, 15) is 9.90 Å². The van der Waals surface area contributed by atoms with Gasteiger partial charge in [-0.05, 0) is 74.3 Å². The first-order chi connectivity index (χ1) is 10.3. The number of carboxylic acids is 1. The predicted molar refractivity (Wildman–Crippen MR) is 89.5 cm³/mol. The maximum absolute atomic E-state index is 11.9. The SMILES string of the molecule is C=C(C)C1=CC2=CC[C@@H]3[C@](C)(CCC[C@@]3(C)C(=O)O)[C@H]2CC1. The van der Waals surface area contributed by atoms with Gasteiger partial charge in [0.1, 0.15) is 0 Å². The number of hydrogen-bond donors (Lipinski definition) is 1. The van der Waals surface area contributed by atoms with E-state index in [1.54, 1.807) is 0 Å². The molecule has 0 aromatic heterocycles. The monoisotopic (exact) mass is 300 g/mol. The molecule has 2 heteroatoms. The van der Waals surface area contributed by atoms with Crippen molar-refractivity contribution in [3.63, 3.8) is 0 Å². The summed E-state index contributed by atoms with van der Waals surface area (Å²) < 4.78 is 0. The highest BCUT2D eigenvalue weighted by Gasteiger charge is 2.57. The molecule has 0 spiro atoms. The summed E-state index contributed by atoms with van der Waals surface area (Å²) >= 11 is 0. The van der Waals surface area contributed by atoms with Crippen LogP contribution in [0.2, 0.25) is 0 Å². The number of fused-ring (bicyclic) bond motifs is 3. The van der Waals surface area contributed by atoms with Crippen LogP contribution in [0.5, 0.6) is 0 Å². The van der Waals surface area contributed by atoms with Crippen LogP contribution in [-0.2, 0) is 4.79 Å². The Morgan fingerprint density at radius 3 is 2.73 bits per heavy atom. The zero-order valence-electron chi connectivity index (χ0n) is 14.1. The number of allylic oxidation sites excluding steroid dienone is 5. The van der Waals surface area contributed by atoms with Crippen molar-refractivity contribution in [2.75, 3.05) is 0 Å². The van der Waals surface area contributed by atoms with Crippen LogP contribution in [0, 0.1) is 22.7 Å². The minimum atomic E-state index is -0.603. The molecule has 1 N–H and O–H groups in total. The summed E-state index contributed by atoms with van der Waals surface area (Å²) in [5.41, 5.74) is 3.56. The second-order valence-electron chi connectivity index (χ2n) is 8.12. The van der Waals surface area contributed by atoms with Gasteiger partial charge in [0.25, 0.3) is 0 Å². The molecule has 1 saturated carbocycles. The lowest BCUT2D eigenvalue weighted by molar-refractivity contribution is -0.162. The van der Waals surface area contributed by atoms with Crippen molar-refractivity contribution in [3.8, 4) is 0 Å². The molecular weight excluding hydrogens is 272 g/mol. The Balaban J connectivity index is 2.02. The molecule has 22 heavy (non-hydrogen) atoms. The summed E-state index contributed by atoms with van der Waals surface area (Å²) in [6.07, 6.45) is 10.8. The highest BCUT2D eigenvalue weighted by molar-refractivity contribution is 5.75.